The van der Waals surface area contributed by atoms with E-state index in [9.17, 15) is 10.2 Å². The summed E-state index contributed by atoms with van der Waals surface area (Å²) in [5, 5.41) is 25.3. The topological polar surface area (TPSA) is 81.8 Å². The Bertz CT molecular complexity index is 908. The number of aryl methyl sites for hydroxylation is 1. The zero-order chi connectivity index (χ0) is 17.8. The minimum absolute atomic E-state index is 0.134. The normalized spacial score (nSPS) is 11.0. The van der Waals surface area contributed by atoms with Crippen LogP contribution >= 0.6 is 0 Å². The fourth-order valence-electron chi connectivity index (χ4n) is 2.27. The maximum atomic E-state index is 10.0. The fraction of sp³-hybridized carbons (Fsp3) is 0.105. The molecule has 6 heteroatoms. The molecular formula is C19H18N4O2. The van der Waals surface area contributed by atoms with Gasteiger partial charge in [-0.1, -0.05) is 12.1 Å². The smallest absolute Gasteiger partial charge is 0.165 e. The Labute approximate surface area is 145 Å². The predicted octanol–water partition coefficient (Wildman–Crippen LogP) is 3.33. The van der Waals surface area contributed by atoms with Crippen molar-refractivity contribution in [3.05, 3.63) is 65.9 Å². The molecule has 0 radical (unpaired) electrons. The highest BCUT2D eigenvalue weighted by molar-refractivity contribution is 5.80. The van der Waals surface area contributed by atoms with E-state index in [1.54, 1.807) is 60.7 Å². The molecule has 0 bridgehead atoms. The van der Waals surface area contributed by atoms with Crippen LogP contribution in [0.2, 0.25) is 0 Å². The Morgan fingerprint density at radius 3 is 2.44 bits per heavy atom. The first-order valence-electron chi connectivity index (χ1n) is 7.74. The van der Waals surface area contributed by atoms with Gasteiger partial charge in [0.15, 0.2) is 11.6 Å². The molecule has 3 aromatic rings. The maximum Gasteiger partial charge on any atom is 0.165 e. The van der Waals surface area contributed by atoms with Gasteiger partial charge < -0.3 is 10.2 Å². The molecule has 0 aliphatic heterocycles. The Balaban J connectivity index is 1.89. The Kier molecular flexibility index (Phi) is 4.61. The third-order valence-electron chi connectivity index (χ3n) is 3.59. The maximum absolute atomic E-state index is 10.0. The molecule has 2 aromatic carbocycles. The van der Waals surface area contributed by atoms with E-state index in [0.717, 1.165) is 11.3 Å². The number of hydrogen-bond acceptors (Lipinski definition) is 6. The number of aromatic nitrogens is 2. The summed E-state index contributed by atoms with van der Waals surface area (Å²) in [6.45, 7) is 1.87. The van der Waals surface area contributed by atoms with Crippen LogP contribution in [-0.2, 0) is 0 Å². The van der Waals surface area contributed by atoms with Gasteiger partial charge in [0.05, 0.1) is 11.8 Å². The molecule has 0 fully saturated rings. The molecule has 0 saturated carbocycles. The first-order chi connectivity index (χ1) is 12.0. The summed E-state index contributed by atoms with van der Waals surface area (Å²) in [6.07, 6.45) is 1.68. The van der Waals surface area contributed by atoms with E-state index in [4.69, 9.17) is 0 Å². The summed E-state index contributed by atoms with van der Waals surface area (Å²) in [4.78, 5) is 8.89. The molecule has 1 heterocycles. The summed E-state index contributed by atoms with van der Waals surface area (Å²) >= 11 is 0. The monoisotopic (exact) mass is 334 g/mol. The van der Waals surface area contributed by atoms with Crippen LogP contribution in [0.3, 0.4) is 0 Å². The number of phenolic OH excluding ortho intramolecular Hbond substituents is 2. The van der Waals surface area contributed by atoms with Crippen LogP contribution in [0.1, 0.15) is 11.3 Å². The number of hydrazone groups is 1. The minimum Gasteiger partial charge on any atom is -0.508 e. The fourth-order valence-corrected chi connectivity index (χ4v) is 2.27. The zero-order valence-corrected chi connectivity index (χ0v) is 14.0. The lowest BCUT2D eigenvalue weighted by Crippen LogP contribution is -2.12. The quantitative estimate of drug-likeness (QED) is 0.565. The van der Waals surface area contributed by atoms with Crippen LogP contribution < -0.4 is 5.01 Å². The molecule has 2 N–H and O–H groups in total. The Morgan fingerprint density at radius 1 is 1.00 bits per heavy atom. The Hall–Kier alpha value is -3.41. The van der Waals surface area contributed by atoms with E-state index in [0.29, 0.717) is 17.2 Å². The summed E-state index contributed by atoms with van der Waals surface area (Å²) in [5.41, 5.74) is 2.20. The van der Waals surface area contributed by atoms with Gasteiger partial charge in [-0.3, -0.25) is 5.01 Å². The van der Waals surface area contributed by atoms with Gasteiger partial charge in [0.2, 0.25) is 0 Å². The first kappa shape index (κ1) is 16.4. The van der Waals surface area contributed by atoms with Gasteiger partial charge in [-0.25, -0.2) is 9.97 Å². The number of anilines is 1. The number of para-hydroxylation sites is 1. The van der Waals surface area contributed by atoms with Gasteiger partial charge in [0, 0.05) is 18.8 Å². The summed E-state index contributed by atoms with van der Waals surface area (Å²) < 4.78 is 0. The molecule has 25 heavy (non-hydrogen) atoms. The van der Waals surface area contributed by atoms with Crippen molar-refractivity contribution in [3.8, 4) is 22.9 Å². The molecule has 0 saturated heterocycles. The van der Waals surface area contributed by atoms with E-state index in [1.165, 1.54) is 0 Å². The lowest BCUT2D eigenvalue weighted by atomic mass is 10.2. The molecule has 0 aliphatic carbocycles. The molecule has 3 rings (SSSR count). The predicted molar refractivity (Wildman–Crippen MR) is 98.0 cm³/mol. The van der Waals surface area contributed by atoms with E-state index < -0.39 is 0 Å². The standard InChI is InChI=1S/C19H18N4O2/c1-13-11-18(22-19(21-13)16-5-3-4-6-17(16)25)23(2)20-12-14-7-9-15(24)10-8-14/h3-12,24-25H,1-2H3/b20-12-. The molecule has 1 aromatic heterocycles. The van der Waals surface area contributed by atoms with E-state index in [-0.39, 0.29) is 11.5 Å². The zero-order valence-electron chi connectivity index (χ0n) is 14.0. The van der Waals surface area contributed by atoms with Crippen LogP contribution in [0.4, 0.5) is 5.82 Å². The molecule has 6 nitrogen and oxygen atoms in total. The lowest BCUT2D eigenvalue weighted by Gasteiger charge is -2.14. The number of hydrogen-bond donors (Lipinski definition) is 2. The van der Waals surface area contributed by atoms with Crippen LogP contribution in [0.25, 0.3) is 11.4 Å². The van der Waals surface area contributed by atoms with Crippen molar-refractivity contribution in [1.82, 2.24) is 9.97 Å². The second kappa shape index (κ2) is 7.00. The van der Waals surface area contributed by atoms with Gasteiger partial charge in [-0.2, -0.15) is 5.10 Å². The van der Waals surface area contributed by atoms with Crippen LogP contribution in [0.15, 0.2) is 59.7 Å². The van der Waals surface area contributed by atoms with Crippen molar-refractivity contribution in [2.75, 3.05) is 12.1 Å². The van der Waals surface area contributed by atoms with Gasteiger partial charge in [0.25, 0.3) is 0 Å². The number of phenols is 2. The SMILES string of the molecule is Cc1cc(N(C)/N=C\c2ccc(O)cc2)nc(-c2ccccc2O)n1. The van der Waals surface area contributed by atoms with Crippen molar-refractivity contribution in [1.29, 1.82) is 0 Å². The lowest BCUT2D eigenvalue weighted by molar-refractivity contribution is 0.475. The molecular weight excluding hydrogens is 316 g/mol. The highest BCUT2D eigenvalue weighted by atomic mass is 16.3. The molecule has 0 unspecified atom stereocenters. The van der Waals surface area contributed by atoms with Crippen LogP contribution in [0.5, 0.6) is 11.5 Å². The van der Waals surface area contributed by atoms with Gasteiger partial charge in [-0.05, 0) is 48.9 Å². The molecule has 126 valence electrons. The Morgan fingerprint density at radius 2 is 1.72 bits per heavy atom. The molecule has 0 amide bonds. The summed E-state index contributed by atoms with van der Waals surface area (Å²) in [6, 6.07) is 15.5. The average molecular weight is 334 g/mol. The van der Waals surface area contributed by atoms with Crippen molar-refractivity contribution in [3.63, 3.8) is 0 Å². The number of rotatable bonds is 4. The summed E-state index contributed by atoms with van der Waals surface area (Å²) in [7, 11) is 1.79. The highest BCUT2D eigenvalue weighted by Crippen LogP contribution is 2.27. The minimum atomic E-state index is 0.134. The van der Waals surface area contributed by atoms with Crippen molar-refractivity contribution >= 4 is 12.0 Å². The van der Waals surface area contributed by atoms with Crippen molar-refractivity contribution < 1.29 is 10.2 Å². The second-order valence-electron chi connectivity index (χ2n) is 5.57. The molecule has 0 atom stereocenters. The third-order valence-corrected chi connectivity index (χ3v) is 3.59. The van der Waals surface area contributed by atoms with Gasteiger partial charge in [-0.15, -0.1) is 0 Å². The van der Waals surface area contributed by atoms with Gasteiger partial charge in [0.1, 0.15) is 11.5 Å². The molecule has 0 spiro atoms. The largest absolute Gasteiger partial charge is 0.508 e. The van der Waals surface area contributed by atoms with Crippen LogP contribution in [-0.4, -0.2) is 33.4 Å². The van der Waals surface area contributed by atoms with Gasteiger partial charge >= 0.3 is 0 Å². The van der Waals surface area contributed by atoms with E-state index in [1.807, 2.05) is 19.1 Å². The number of benzene rings is 2. The highest BCUT2D eigenvalue weighted by Gasteiger charge is 2.10. The van der Waals surface area contributed by atoms with Crippen molar-refractivity contribution in [2.45, 2.75) is 6.92 Å². The first-order valence-corrected chi connectivity index (χ1v) is 7.74. The average Bonchev–Trinajstić information content (AvgIpc) is 2.61. The third kappa shape index (κ3) is 3.92. The second-order valence-corrected chi connectivity index (χ2v) is 5.57. The number of aromatic hydroxyl groups is 2. The number of nitrogens with zero attached hydrogens (tertiary/aromatic N) is 4. The van der Waals surface area contributed by atoms with Crippen LogP contribution in [0, 0.1) is 6.92 Å². The van der Waals surface area contributed by atoms with Crippen molar-refractivity contribution in [2.24, 2.45) is 5.10 Å². The van der Waals surface area contributed by atoms with E-state index in [2.05, 4.69) is 15.1 Å². The summed E-state index contributed by atoms with van der Waals surface area (Å²) in [5.74, 6) is 1.40. The van der Waals surface area contributed by atoms with E-state index >= 15 is 0 Å². The molecule has 0 aliphatic rings.